The summed E-state index contributed by atoms with van der Waals surface area (Å²) in [6.45, 7) is 0. The van der Waals surface area contributed by atoms with Gasteiger partial charge in [-0.25, -0.2) is 9.37 Å². The normalized spacial score (nSPS) is 10.5. The number of halogens is 1. The molecule has 0 aliphatic heterocycles. The molecule has 0 aliphatic carbocycles. The van der Waals surface area contributed by atoms with Gasteiger partial charge in [-0.1, -0.05) is 6.07 Å². The van der Waals surface area contributed by atoms with E-state index >= 15 is 0 Å². The minimum absolute atomic E-state index is 0.270. The fraction of sp³-hybridized carbons (Fsp3) is 0. The van der Waals surface area contributed by atoms with Crippen LogP contribution in [0.15, 0.2) is 42.5 Å². The van der Waals surface area contributed by atoms with Crippen LogP contribution in [0.4, 0.5) is 4.39 Å². The molecule has 5 nitrogen and oxygen atoms in total. The van der Waals surface area contributed by atoms with Crippen molar-refractivity contribution in [3.63, 3.8) is 0 Å². The van der Waals surface area contributed by atoms with Gasteiger partial charge in [-0.15, -0.1) is 10.2 Å². The summed E-state index contributed by atoms with van der Waals surface area (Å²) >= 11 is 0. The molecule has 0 saturated carbocycles. The number of nitrogens with one attached hydrogen (secondary N) is 1. The summed E-state index contributed by atoms with van der Waals surface area (Å²) in [4.78, 5) is 4.41. The lowest BCUT2D eigenvalue weighted by Gasteiger charge is -2.02. The van der Waals surface area contributed by atoms with Crippen LogP contribution in [-0.4, -0.2) is 25.6 Å². The molecule has 6 heteroatoms. The third kappa shape index (κ3) is 1.95. The van der Waals surface area contributed by atoms with E-state index in [1.807, 2.05) is 12.1 Å². The fourth-order valence-electron chi connectivity index (χ4n) is 1.61. The molecule has 88 valence electrons. The van der Waals surface area contributed by atoms with E-state index in [9.17, 15) is 4.39 Å². The van der Waals surface area contributed by atoms with Crippen molar-refractivity contribution in [3.8, 4) is 22.8 Å². The highest BCUT2D eigenvalue weighted by molar-refractivity contribution is 5.62. The van der Waals surface area contributed by atoms with Gasteiger partial charge >= 0.3 is 0 Å². The molecule has 0 radical (unpaired) electrons. The molecule has 0 unspecified atom stereocenters. The molecule has 1 aromatic carbocycles. The molecule has 1 N–H and O–H groups in total. The van der Waals surface area contributed by atoms with Crippen molar-refractivity contribution in [2.24, 2.45) is 0 Å². The molecule has 0 saturated heterocycles. The van der Waals surface area contributed by atoms with Crippen LogP contribution in [0.3, 0.4) is 0 Å². The summed E-state index contributed by atoms with van der Waals surface area (Å²) < 4.78 is 12.9. The second-order valence-electron chi connectivity index (χ2n) is 3.65. The summed E-state index contributed by atoms with van der Waals surface area (Å²) in [6, 6.07) is 11.6. The Morgan fingerprint density at radius 2 is 1.72 bits per heavy atom. The monoisotopic (exact) mass is 241 g/mol. The Kier molecular flexibility index (Phi) is 2.53. The van der Waals surface area contributed by atoms with Crippen LogP contribution >= 0.6 is 0 Å². The quantitative estimate of drug-likeness (QED) is 0.745. The topological polar surface area (TPSA) is 67.3 Å². The summed E-state index contributed by atoms with van der Waals surface area (Å²) in [5.41, 5.74) is 2.18. The Labute approximate surface area is 102 Å². The highest BCUT2D eigenvalue weighted by Crippen LogP contribution is 2.20. The summed E-state index contributed by atoms with van der Waals surface area (Å²) in [6.07, 6.45) is 0. The predicted octanol–water partition coefficient (Wildman–Crippen LogP) is 2.07. The van der Waals surface area contributed by atoms with Crippen molar-refractivity contribution in [3.05, 3.63) is 48.3 Å². The molecule has 3 rings (SSSR count). The van der Waals surface area contributed by atoms with E-state index in [2.05, 4.69) is 25.6 Å². The molecule has 0 bridgehead atoms. The van der Waals surface area contributed by atoms with Gasteiger partial charge in [0.2, 0.25) is 5.82 Å². The van der Waals surface area contributed by atoms with E-state index in [4.69, 9.17) is 0 Å². The van der Waals surface area contributed by atoms with E-state index in [-0.39, 0.29) is 5.82 Å². The number of pyridine rings is 1. The molecule has 2 heterocycles. The summed E-state index contributed by atoms with van der Waals surface area (Å²) in [5, 5.41) is 13.6. The Balaban J connectivity index is 2.03. The number of hydrogen-bond acceptors (Lipinski definition) is 4. The van der Waals surface area contributed by atoms with Crippen molar-refractivity contribution in [1.29, 1.82) is 0 Å². The third-order valence-corrected chi connectivity index (χ3v) is 2.46. The number of benzene rings is 1. The third-order valence-electron chi connectivity index (χ3n) is 2.46. The maximum atomic E-state index is 12.9. The first-order valence-electron chi connectivity index (χ1n) is 5.30. The highest BCUT2D eigenvalue weighted by atomic mass is 19.1. The molecule has 0 aliphatic rings. The zero-order valence-corrected chi connectivity index (χ0v) is 9.21. The van der Waals surface area contributed by atoms with Crippen LogP contribution in [0.5, 0.6) is 0 Å². The number of aromatic nitrogens is 5. The first-order valence-corrected chi connectivity index (χ1v) is 5.30. The highest BCUT2D eigenvalue weighted by Gasteiger charge is 2.06. The molecule has 0 fully saturated rings. The lowest BCUT2D eigenvalue weighted by Crippen LogP contribution is -1.89. The van der Waals surface area contributed by atoms with Crippen LogP contribution in [0.2, 0.25) is 0 Å². The molecule has 3 aromatic rings. The number of aromatic amines is 1. The fourth-order valence-corrected chi connectivity index (χ4v) is 1.61. The molecule has 0 spiro atoms. The van der Waals surface area contributed by atoms with Gasteiger partial charge in [-0.2, -0.15) is 5.21 Å². The van der Waals surface area contributed by atoms with Gasteiger partial charge in [0.15, 0.2) is 0 Å². The van der Waals surface area contributed by atoms with Gasteiger partial charge < -0.3 is 0 Å². The van der Waals surface area contributed by atoms with Gasteiger partial charge in [-0.3, -0.25) is 0 Å². The minimum atomic E-state index is -0.270. The molecule has 0 amide bonds. The maximum absolute atomic E-state index is 12.9. The largest absolute Gasteiger partial charge is 0.244 e. The average molecular weight is 241 g/mol. The zero-order chi connectivity index (χ0) is 12.4. The number of H-pyrrole nitrogens is 1. The van der Waals surface area contributed by atoms with Crippen molar-refractivity contribution in [1.82, 2.24) is 25.6 Å². The lowest BCUT2D eigenvalue weighted by molar-refractivity contribution is 0.628. The van der Waals surface area contributed by atoms with Gasteiger partial charge in [-0.05, 0) is 41.6 Å². The molecule has 0 atom stereocenters. The Morgan fingerprint density at radius 1 is 0.944 bits per heavy atom. The summed E-state index contributed by atoms with van der Waals surface area (Å²) in [7, 11) is 0. The smallest absolute Gasteiger partial charge is 0.222 e. The SMILES string of the molecule is Fc1ccc(-c2cccc(-c3nn[nH]n3)n2)cc1. The number of nitrogens with zero attached hydrogens (tertiary/aromatic N) is 4. The van der Waals surface area contributed by atoms with Crippen LogP contribution in [0, 0.1) is 5.82 Å². The minimum Gasteiger partial charge on any atom is -0.244 e. The van der Waals surface area contributed by atoms with Gasteiger partial charge in [0.25, 0.3) is 0 Å². The van der Waals surface area contributed by atoms with Crippen molar-refractivity contribution in [2.45, 2.75) is 0 Å². The molecular weight excluding hydrogens is 233 g/mol. The van der Waals surface area contributed by atoms with Crippen LogP contribution in [-0.2, 0) is 0 Å². The van der Waals surface area contributed by atoms with E-state index in [0.717, 1.165) is 11.3 Å². The van der Waals surface area contributed by atoms with E-state index in [0.29, 0.717) is 11.5 Å². The second-order valence-corrected chi connectivity index (χ2v) is 3.65. The predicted molar refractivity (Wildman–Crippen MR) is 62.8 cm³/mol. The van der Waals surface area contributed by atoms with E-state index in [1.54, 1.807) is 18.2 Å². The molecule has 18 heavy (non-hydrogen) atoms. The van der Waals surface area contributed by atoms with E-state index in [1.165, 1.54) is 12.1 Å². The molecule has 2 aromatic heterocycles. The molecular formula is C12H8FN5. The van der Waals surface area contributed by atoms with Gasteiger partial charge in [0.1, 0.15) is 11.5 Å². The maximum Gasteiger partial charge on any atom is 0.222 e. The van der Waals surface area contributed by atoms with Gasteiger partial charge in [0, 0.05) is 5.56 Å². The average Bonchev–Trinajstić information content (AvgIpc) is 2.94. The number of tetrazole rings is 1. The Hall–Kier alpha value is -2.63. The van der Waals surface area contributed by atoms with Crippen molar-refractivity contribution in [2.75, 3.05) is 0 Å². The number of hydrogen-bond donors (Lipinski definition) is 1. The van der Waals surface area contributed by atoms with E-state index < -0.39 is 0 Å². The first-order chi connectivity index (χ1) is 8.83. The van der Waals surface area contributed by atoms with Crippen LogP contribution in [0.1, 0.15) is 0 Å². The standard InChI is InChI=1S/C12H8FN5/c13-9-6-4-8(5-7-9)10-2-1-3-11(14-10)12-15-17-18-16-12/h1-7H,(H,15,16,17,18). The van der Waals surface area contributed by atoms with Crippen molar-refractivity contribution < 1.29 is 4.39 Å². The first kappa shape index (κ1) is 10.5. The zero-order valence-electron chi connectivity index (χ0n) is 9.21. The van der Waals surface area contributed by atoms with Gasteiger partial charge in [0.05, 0.1) is 5.69 Å². The van der Waals surface area contributed by atoms with Crippen LogP contribution in [0.25, 0.3) is 22.8 Å². The second kappa shape index (κ2) is 4.33. The Bertz CT molecular complexity index is 648. The van der Waals surface area contributed by atoms with Crippen LogP contribution < -0.4 is 0 Å². The number of rotatable bonds is 2. The van der Waals surface area contributed by atoms with Crippen molar-refractivity contribution >= 4 is 0 Å². The summed E-state index contributed by atoms with van der Waals surface area (Å²) in [5.74, 6) is 0.159. The lowest BCUT2D eigenvalue weighted by atomic mass is 10.1. The Morgan fingerprint density at radius 3 is 2.44 bits per heavy atom.